The average Bonchev–Trinajstić information content (AvgIpc) is 3.31. The zero-order valence-corrected chi connectivity index (χ0v) is 20.4. The predicted molar refractivity (Wildman–Crippen MR) is 130 cm³/mol. The van der Waals surface area contributed by atoms with Crippen LogP contribution in [-0.2, 0) is 4.74 Å². The third-order valence-electron chi connectivity index (χ3n) is 6.26. The van der Waals surface area contributed by atoms with E-state index in [1.165, 1.54) is 0 Å². The van der Waals surface area contributed by atoms with Crippen LogP contribution in [0, 0.1) is 12.8 Å². The number of nitrogens with one attached hydrogen (secondary N) is 2. The lowest BCUT2D eigenvalue weighted by atomic mass is 9.80. The zero-order valence-electron chi connectivity index (χ0n) is 19.7. The molecule has 2 aliphatic rings. The van der Waals surface area contributed by atoms with Crippen molar-refractivity contribution >= 4 is 23.5 Å². The molecule has 0 spiro atoms. The summed E-state index contributed by atoms with van der Waals surface area (Å²) < 4.78 is 7.13. The van der Waals surface area contributed by atoms with Crippen molar-refractivity contribution in [3.05, 3.63) is 53.8 Å². The first-order valence-corrected chi connectivity index (χ1v) is 11.9. The number of hydrogen-bond donors (Lipinski definition) is 3. The molecule has 9 nitrogen and oxygen atoms in total. The minimum Gasteiger partial charge on any atom is -0.396 e. The van der Waals surface area contributed by atoms with Gasteiger partial charge in [-0.2, -0.15) is 4.98 Å². The molecule has 0 aromatic carbocycles. The number of ether oxygens (including phenoxy) is 1. The van der Waals surface area contributed by atoms with Crippen LogP contribution in [0.15, 0.2) is 42.5 Å². The number of aromatic nitrogens is 4. The Morgan fingerprint density at radius 2 is 2.09 bits per heavy atom. The van der Waals surface area contributed by atoms with E-state index in [4.69, 9.17) is 16.3 Å². The van der Waals surface area contributed by atoms with Gasteiger partial charge in [0.05, 0.1) is 17.5 Å². The molecule has 1 saturated heterocycles. The molecule has 3 N–H and O–H groups in total. The predicted octanol–water partition coefficient (Wildman–Crippen LogP) is 2.78. The molecular formula is C24H31ClN6O3. The number of imidazole rings is 1. The Hall–Kier alpha value is -2.75. The number of hydrogen-bond acceptors (Lipinski definition) is 7. The van der Waals surface area contributed by atoms with E-state index in [2.05, 4.69) is 25.6 Å². The van der Waals surface area contributed by atoms with Gasteiger partial charge in [0.15, 0.2) is 0 Å². The van der Waals surface area contributed by atoms with Crippen LogP contribution in [0.4, 0.5) is 5.95 Å². The van der Waals surface area contributed by atoms with Gasteiger partial charge in [-0.15, -0.1) is 11.6 Å². The van der Waals surface area contributed by atoms with E-state index >= 15 is 0 Å². The molecule has 10 heteroatoms. The van der Waals surface area contributed by atoms with Crippen LogP contribution in [0.2, 0.25) is 0 Å². The number of carbonyl (C=O) groups is 1. The highest BCUT2D eigenvalue weighted by molar-refractivity contribution is 6.22. The number of nitrogens with zero attached hydrogens (tertiary/aromatic N) is 4. The third-order valence-corrected chi connectivity index (χ3v) is 6.71. The fraction of sp³-hybridized carbons (Fsp3) is 0.500. The normalized spacial score (nSPS) is 21.3. The maximum atomic E-state index is 13.1. The van der Waals surface area contributed by atoms with Gasteiger partial charge in [-0.25, -0.2) is 9.97 Å². The Labute approximate surface area is 204 Å². The van der Waals surface area contributed by atoms with Gasteiger partial charge in [0.2, 0.25) is 5.95 Å². The van der Waals surface area contributed by atoms with Crippen LogP contribution in [0.25, 0.3) is 5.82 Å². The molecule has 2 atom stereocenters. The maximum Gasteiger partial charge on any atom is 0.272 e. The first-order chi connectivity index (χ1) is 16.3. The summed E-state index contributed by atoms with van der Waals surface area (Å²) in [4.78, 5) is 26.4. The lowest BCUT2D eigenvalue weighted by Gasteiger charge is -2.36. The Morgan fingerprint density at radius 3 is 2.82 bits per heavy atom. The van der Waals surface area contributed by atoms with Crippen molar-refractivity contribution in [2.24, 2.45) is 5.92 Å². The van der Waals surface area contributed by atoms with E-state index in [1.54, 1.807) is 23.3 Å². The van der Waals surface area contributed by atoms with Gasteiger partial charge in [0.1, 0.15) is 17.8 Å². The second-order valence-corrected chi connectivity index (χ2v) is 9.72. The molecule has 182 valence electrons. The number of amides is 1. The number of halogens is 1. The average molecular weight is 487 g/mol. The Morgan fingerprint density at radius 1 is 1.32 bits per heavy atom. The highest BCUT2D eigenvalue weighted by Gasteiger charge is 2.35. The molecule has 1 amide bonds. The highest BCUT2D eigenvalue weighted by Crippen LogP contribution is 2.32. The summed E-state index contributed by atoms with van der Waals surface area (Å²) in [6.07, 6.45) is 12.4. The summed E-state index contributed by atoms with van der Waals surface area (Å²) in [6, 6.07) is 0.273. The Balaban J connectivity index is 1.49. The van der Waals surface area contributed by atoms with Crippen molar-refractivity contribution in [2.75, 3.05) is 25.1 Å². The van der Waals surface area contributed by atoms with Crippen molar-refractivity contribution < 1.29 is 14.6 Å². The van der Waals surface area contributed by atoms with Gasteiger partial charge in [-0.05, 0) is 39.2 Å². The minimum atomic E-state index is -0.724. The Kier molecular flexibility index (Phi) is 7.35. The lowest BCUT2D eigenvalue weighted by molar-refractivity contribution is 0.0902. The summed E-state index contributed by atoms with van der Waals surface area (Å²) >= 11 is 6.36. The molecule has 4 rings (SSSR count). The van der Waals surface area contributed by atoms with Crippen molar-refractivity contribution in [3.8, 4) is 5.82 Å². The summed E-state index contributed by atoms with van der Waals surface area (Å²) in [5.41, 5.74) is 1.26. The molecule has 0 radical (unpaired) electrons. The zero-order chi connectivity index (χ0) is 24.3. The second-order valence-electron chi connectivity index (χ2n) is 9.22. The maximum absolute atomic E-state index is 13.1. The molecule has 1 aliphatic carbocycles. The second kappa shape index (κ2) is 10.2. The minimum absolute atomic E-state index is 0.102. The molecule has 3 heterocycles. The van der Waals surface area contributed by atoms with Crippen molar-refractivity contribution in [1.29, 1.82) is 0 Å². The molecule has 1 fully saturated rings. The molecule has 0 bridgehead atoms. The van der Waals surface area contributed by atoms with Gasteiger partial charge in [0.25, 0.3) is 5.91 Å². The van der Waals surface area contributed by atoms with E-state index in [-0.39, 0.29) is 35.5 Å². The first-order valence-electron chi connectivity index (χ1n) is 11.5. The number of anilines is 1. The molecule has 0 saturated carbocycles. The fourth-order valence-corrected chi connectivity index (χ4v) is 4.63. The van der Waals surface area contributed by atoms with E-state index in [0.29, 0.717) is 11.8 Å². The summed E-state index contributed by atoms with van der Waals surface area (Å²) in [5, 5.41) is 15.9. The van der Waals surface area contributed by atoms with Gasteiger partial charge in [-0.1, -0.05) is 18.2 Å². The quantitative estimate of drug-likeness (QED) is 0.515. The molecule has 2 aromatic rings. The van der Waals surface area contributed by atoms with Crippen LogP contribution in [0.1, 0.15) is 42.7 Å². The number of aryl methyl sites for hydroxylation is 1. The standard InChI is InChI=1S/C24H31ClN6O3/c1-15-11-26-23(28-16-7-9-34-10-8-16)29-21(15)31-12-20(27-14-31)22(33)30-24(2,3)18-5-4-6-19(25)17(18)13-32/h4-6,11-12,14,16-17,19,32H,7-10,13H2,1-3H3,(H,30,33)(H,26,28,29)/t17-,19?/m1/s1. The molecule has 1 unspecified atom stereocenters. The van der Waals surface area contributed by atoms with Gasteiger partial charge in [-0.3, -0.25) is 9.36 Å². The van der Waals surface area contributed by atoms with Gasteiger partial charge >= 0.3 is 0 Å². The van der Waals surface area contributed by atoms with E-state index in [0.717, 1.165) is 37.2 Å². The van der Waals surface area contributed by atoms with Crippen molar-refractivity contribution in [2.45, 2.75) is 50.6 Å². The van der Waals surface area contributed by atoms with Crippen molar-refractivity contribution in [3.63, 3.8) is 0 Å². The van der Waals surface area contributed by atoms with Gasteiger partial charge in [0, 0.05) is 43.1 Å². The third kappa shape index (κ3) is 5.32. The van der Waals surface area contributed by atoms with Crippen LogP contribution in [0.5, 0.6) is 0 Å². The van der Waals surface area contributed by atoms with Crippen molar-refractivity contribution in [1.82, 2.24) is 24.8 Å². The largest absolute Gasteiger partial charge is 0.396 e. The molecule has 2 aromatic heterocycles. The monoisotopic (exact) mass is 486 g/mol. The van der Waals surface area contributed by atoms with Crippen LogP contribution in [-0.4, -0.2) is 67.3 Å². The molecule has 1 aliphatic heterocycles. The number of rotatable bonds is 7. The Bertz CT molecular complexity index is 1090. The topological polar surface area (TPSA) is 114 Å². The highest BCUT2D eigenvalue weighted by atomic mass is 35.5. The molecular weight excluding hydrogens is 456 g/mol. The number of aliphatic hydroxyl groups excluding tert-OH is 1. The smallest absolute Gasteiger partial charge is 0.272 e. The number of aliphatic hydroxyl groups is 1. The van der Waals surface area contributed by atoms with Gasteiger partial charge < -0.3 is 20.5 Å². The van der Waals surface area contributed by atoms with E-state index in [1.807, 2.05) is 39.0 Å². The number of alkyl halides is 1. The summed E-state index contributed by atoms with van der Waals surface area (Å²) in [5.74, 6) is 0.594. The SMILES string of the molecule is Cc1cnc(NC2CCOCC2)nc1-n1cnc(C(=O)NC(C)(C)C2=CC=CC(Cl)[C@@H]2CO)c1. The number of allylic oxidation sites excluding steroid dienone is 3. The lowest BCUT2D eigenvalue weighted by Crippen LogP contribution is -2.48. The van der Waals surface area contributed by atoms with Crippen LogP contribution in [0.3, 0.4) is 0 Å². The van der Waals surface area contributed by atoms with E-state index < -0.39 is 5.54 Å². The van der Waals surface area contributed by atoms with E-state index in [9.17, 15) is 9.90 Å². The van der Waals surface area contributed by atoms with Crippen LogP contribution >= 0.6 is 11.6 Å². The number of carbonyl (C=O) groups excluding carboxylic acids is 1. The summed E-state index contributed by atoms with van der Waals surface area (Å²) in [7, 11) is 0. The summed E-state index contributed by atoms with van der Waals surface area (Å²) in [6.45, 7) is 7.05. The first kappa shape index (κ1) is 24.4. The van der Waals surface area contributed by atoms with Crippen LogP contribution < -0.4 is 10.6 Å². The fourth-order valence-electron chi connectivity index (χ4n) is 4.33. The molecule has 34 heavy (non-hydrogen) atoms.